The van der Waals surface area contributed by atoms with Crippen molar-refractivity contribution in [3.05, 3.63) is 47.6 Å². The first-order valence-electron chi connectivity index (χ1n) is 12.3. The van der Waals surface area contributed by atoms with E-state index in [1.165, 1.54) is 31.4 Å². The van der Waals surface area contributed by atoms with Crippen molar-refractivity contribution in [2.24, 2.45) is 34.5 Å². The van der Waals surface area contributed by atoms with E-state index in [9.17, 15) is 18.0 Å². The predicted molar refractivity (Wildman–Crippen MR) is 149 cm³/mol. The molecule has 0 aromatic carbocycles. The Morgan fingerprint density at radius 2 is 1.77 bits per heavy atom. The highest BCUT2D eigenvalue weighted by molar-refractivity contribution is 6.42. The maximum absolute atomic E-state index is 12.8. The number of ether oxygens (including phenoxy) is 1. The predicted octanol–water partition coefficient (Wildman–Crippen LogP) is 1.84. The zero-order valence-corrected chi connectivity index (χ0v) is 21.4. The third-order valence-electron chi connectivity index (χ3n) is 7.34. The maximum atomic E-state index is 12.8. The molecule has 2 atom stereocenters. The summed E-state index contributed by atoms with van der Waals surface area (Å²) in [5.41, 5.74) is 14.9. The average Bonchev–Trinajstić information content (AvgIpc) is 3.29. The lowest BCUT2D eigenvalue weighted by molar-refractivity contribution is -0.142. The van der Waals surface area contributed by atoms with E-state index < -0.39 is 22.5 Å². The van der Waals surface area contributed by atoms with Gasteiger partial charge in [-0.2, -0.15) is 13.2 Å². The number of allylic oxidation sites excluding steroid dienone is 2. The van der Waals surface area contributed by atoms with Gasteiger partial charge in [-0.15, -0.1) is 0 Å². The highest BCUT2D eigenvalue weighted by Crippen LogP contribution is 2.49. The van der Waals surface area contributed by atoms with Crippen molar-refractivity contribution >= 4 is 43.0 Å². The third kappa shape index (κ3) is 8.25. The van der Waals surface area contributed by atoms with Crippen molar-refractivity contribution in [1.82, 2.24) is 9.88 Å². The minimum absolute atomic E-state index is 0. The van der Waals surface area contributed by atoms with Crippen molar-refractivity contribution in [2.45, 2.75) is 63.4 Å². The van der Waals surface area contributed by atoms with Gasteiger partial charge in [-0.1, -0.05) is 20.8 Å². The first-order valence-corrected chi connectivity index (χ1v) is 12.3. The molecule has 1 unspecified atom stereocenters. The van der Waals surface area contributed by atoms with Gasteiger partial charge in [0.1, 0.15) is 0 Å². The van der Waals surface area contributed by atoms with E-state index in [4.69, 9.17) is 53.3 Å². The number of hydrogen-bond donors (Lipinski definition) is 3. The van der Waals surface area contributed by atoms with Gasteiger partial charge in [-0.05, 0) is 66.0 Å². The molecule has 1 amide bonds. The minimum atomic E-state index is -4.49. The van der Waals surface area contributed by atoms with Crippen LogP contribution in [-0.4, -0.2) is 71.1 Å². The fourth-order valence-electron chi connectivity index (χ4n) is 5.62. The minimum Gasteiger partial charge on any atom is -0.407 e. The number of halogens is 3. The third-order valence-corrected chi connectivity index (χ3v) is 7.34. The number of alkyl halides is 3. The van der Waals surface area contributed by atoms with Gasteiger partial charge in [-0.25, -0.2) is 0 Å². The number of aromatic nitrogens is 1. The molecule has 14 heteroatoms. The van der Waals surface area contributed by atoms with Crippen LogP contribution < -0.4 is 17.2 Å². The molecular weight excluding hydrogens is 503 g/mol. The van der Waals surface area contributed by atoms with Gasteiger partial charge in [0, 0.05) is 42.7 Å². The van der Waals surface area contributed by atoms with E-state index in [1.54, 1.807) is 0 Å². The summed E-state index contributed by atoms with van der Waals surface area (Å²) in [6, 6.07) is 0.853. The Labute approximate surface area is 234 Å². The van der Waals surface area contributed by atoms with Gasteiger partial charge in [0.05, 0.1) is 42.8 Å². The topological polar surface area (TPSA) is 120 Å². The number of nitrogens with two attached hydrogens (primary N) is 3. The zero-order valence-electron chi connectivity index (χ0n) is 21.4. The van der Waals surface area contributed by atoms with Gasteiger partial charge in [0.2, 0.25) is 5.91 Å². The van der Waals surface area contributed by atoms with E-state index in [2.05, 4.69) is 11.9 Å². The average molecular weight is 537 g/mol. The van der Waals surface area contributed by atoms with E-state index in [1.807, 2.05) is 4.90 Å². The van der Waals surface area contributed by atoms with Gasteiger partial charge in [0.25, 0.3) is 0 Å². The summed E-state index contributed by atoms with van der Waals surface area (Å²) in [5, 5.41) is -2.89. The van der Waals surface area contributed by atoms with Gasteiger partial charge >= 0.3 is 6.18 Å². The van der Waals surface area contributed by atoms with Crippen LogP contribution in [0.25, 0.3) is 5.70 Å². The summed E-state index contributed by atoms with van der Waals surface area (Å²) >= 11 is 0. The standard InChI is InChI=1S/C14H19B4NO2.C10H11F3N4.CH4/c1-12-4-2-3-10(12)7-19(8-12)11(20)9-5-13(15,16)21-14(17,18)6-9;11-10(12,13)7-3-4-17-5-6(7)8(14)1-2-9(15)16;/h9-10H,2-8H2,1H3;1-5H,14-16H2;1H4/b;8-1-;/t10?,12-;;/m1../s1. The van der Waals surface area contributed by atoms with Gasteiger partial charge in [-0.3, -0.25) is 9.78 Å². The highest BCUT2D eigenvalue weighted by atomic mass is 19.4. The normalized spacial score (nSPS) is 26.0. The van der Waals surface area contributed by atoms with Crippen LogP contribution in [0.5, 0.6) is 0 Å². The van der Waals surface area contributed by atoms with E-state index in [0.717, 1.165) is 31.5 Å². The molecule has 204 valence electrons. The molecule has 8 radical (unpaired) electrons. The lowest BCUT2D eigenvalue weighted by Gasteiger charge is -2.47. The first kappa shape index (κ1) is 32.7. The molecule has 4 rings (SSSR count). The molecule has 7 nitrogen and oxygen atoms in total. The van der Waals surface area contributed by atoms with Crippen molar-refractivity contribution in [3.8, 4) is 0 Å². The molecule has 3 heterocycles. The van der Waals surface area contributed by atoms with Crippen LogP contribution >= 0.6 is 0 Å². The van der Waals surface area contributed by atoms with Crippen LogP contribution in [0.1, 0.15) is 57.6 Å². The number of carbonyl (C=O) groups excluding carboxylic acids is 1. The SMILES string of the molecule is C.NC(N)=C/C=C(\N)c1cnccc1C(F)(F)F.[B]C1([B])CC(C(=O)N2CC3CCC[C@]3(C)C2)CC([B])([B])O1. The summed E-state index contributed by atoms with van der Waals surface area (Å²) < 4.78 is 43.1. The molecule has 39 heavy (non-hydrogen) atoms. The Morgan fingerprint density at radius 3 is 2.31 bits per heavy atom. The second kappa shape index (κ2) is 11.9. The quantitative estimate of drug-likeness (QED) is 0.400. The van der Waals surface area contributed by atoms with Crippen molar-refractivity contribution < 1.29 is 22.7 Å². The molecule has 3 aliphatic rings. The molecule has 3 fully saturated rings. The number of amides is 1. The molecule has 1 saturated carbocycles. The molecule has 6 N–H and O–H groups in total. The summed E-state index contributed by atoms with van der Waals surface area (Å²) in [6.45, 7) is 3.93. The summed E-state index contributed by atoms with van der Waals surface area (Å²) in [5.74, 6) is 0.258. The van der Waals surface area contributed by atoms with E-state index >= 15 is 0 Å². The van der Waals surface area contributed by atoms with Gasteiger partial charge < -0.3 is 26.8 Å². The highest BCUT2D eigenvalue weighted by Gasteiger charge is 2.49. The molecule has 2 saturated heterocycles. The van der Waals surface area contributed by atoms with Crippen LogP contribution in [0.3, 0.4) is 0 Å². The summed E-state index contributed by atoms with van der Waals surface area (Å²) in [4.78, 5) is 18.4. The van der Waals surface area contributed by atoms with Crippen LogP contribution in [0.15, 0.2) is 36.4 Å². The number of nitrogens with zero attached hydrogens (tertiary/aromatic N) is 2. The first-order chi connectivity index (χ1) is 17.4. The summed E-state index contributed by atoms with van der Waals surface area (Å²) in [7, 11) is 23.3. The number of pyridine rings is 1. The molecule has 0 spiro atoms. The largest absolute Gasteiger partial charge is 0.417 e. The smallest absolute Gasteiger partial charge is 0.407 e. The van der Waals surface area contributed by atoms with E-state index in [-0.39, 0.29) is 54.6 Å². The maximum Gasteiger partial charge on any atom is 0.417 e. The number of likely N-dealkylation sites (tertiary alicyclic amines) is 1. The van der Waals surface area contributed by atoms with Crippen molar-refractivity contribution in [1.29, 1.82) is 0 Å². The second-order valence-electron chi connectivity index (χ2n) is 10.8. The molecule has 2 aliphatic heterocycles. The Hall–Kier alpha value is -2.49. The monoisotopic (exact) mass is 537 g/mol. The lowest BCUT2D eigenvalue weighted by atomic mass is 9.51. The number of fused-ring (bicyclic) bond motifs is 1. The Morgan fingerprint density at radius 1 is 1.15 bits per heavy atom. The molecule has 1 aliphatic carbocycles. The number of carbonyl (C=O) groups is 1. The zero-order chi connectivity index (χ0) is 28.5. The van der Waals surface area contributed by atoms with Crippen LogP contribution in [0, 0.1) is 17.3 Å². The second-order valence-corrected chi connectivity index (χ2v) is 10.8. The van der Waals surface area contributed by atoms with Gasteiger partial charge in [0.15, 0.2) is 0 Å². The Kier molecular flexibility index (Phi) is 10.0. The van der Waals surface area contributed by atoms with Crippen LogP contribution in [0.2, 0.25) is 0 Å². The van der Waals surface area contributed by atoms with Crippen molar-refractivity contribution in [3.63, 3.8) is 0 Å². The molecule has 1 aromatic rings. The van der Waals surface area contributed by atoms with E-state index in [0.29, 0.717) is 5.92 Å². The molecular formula is C25H34B4F3N5O2. The Balaban J connectivity index is 0.000000273. The van der Waals surface area contributed by atoms with Crippen LogP contribution in [0.4, 0.5) is 13.2 Å². The lowest BCUT2D eigenvalue weighted by Crippen LogP contribution is -2.56. The number of rotatable bonds is 3. The van der Waals surface area contributed by atoms with Crippen molar-refractivity contribution in [2.75, 3.05) is 13.1 Å². The fourth-order valence-corrected chi connectivity index (χ4v) is 5.62. The van der Waals surface area contributed by atoms with Crippen LogP contribution in [-0.2, 0) is 15.7 Å². The fraction of sp³-hybridized carbons (Fsp3) is 0.600. The number of hydrogen-bond acceptors (Lipinski definition) is 6. The molecule has 1 aromatic heterocycles. The Bertz CT molecular complexity index is 1080. The summed E-state index contributed by atoms with van der Waals surface area (Å²) in [6.07, 6.45) is 4.18. The molecule has 0 bridgehead atoms.